The summed E-state index contributed by atoms with van der Waals surface area (Å²) in [6.07, 6.45) is 7.28. The number of carbonyl (C=O) groups excluding carboxylic acids is 1. The molecule has 26 heavy (non-hydrogen) atoms. The Morgan fingerprint density at radius 1 is 1.15 bits per heavy atom. The zero-order chi connectivity index (χ0) is 18.5. The number of likely N-dealkylation sites (tertiary alicyclic amines) is 2. The zero-order valence-corrected chi connectivity index (χ0v) is 16.4. The van der Waals surface area contributed by atoms with E-state index in [1.165, 1.54) is 12.1 Å². The summed E-state index contributed by atoms with van der Waals surface area (Å²) < 4.78 is 5.16. The third kappa shape index (κ3) is 4.53. The molecule has 0 N–H and O–H groups in total. The number of ether oxygens (including phenoxy) is 1. The molecule has 0 aromatic carbocycles. The molecule has 0 radical (unpaired) electrons. The minimum Gasteiger partial charge on any atom is -0.450 e. The highest BCUT2D eigenvalue weighted by molar-refractivity contribution is 5.67. The number of aryl methyl sites for hydroxylation is 2. The number of piperidine rings is 1. The van der Waals surface area contributed by atoms with Crippen LogP contribution in [-0.2, 0) is 4.74 Å². The Bertz CT molecular complexity index is 614. The van der Waals surface area contributed by atoms with Crippen molar-refractivity contribution in [3.63, 3.8) is 0 Å². The van der Waals surface area contributed by atoms with Crippen LogP contribution in [-0.4, -0.2) is 64.7 Å². The lowest BCUT2D eigenvalue weighted by Crippen LogP contribution is -2.42. The van der Waals surface area contributed by atoms with Gasteiger partial charge in [-0.15, -0.1) is 0 Å². The Balaban J connectivity index is 1.53. The predicted molar refractivity (Wildman–Crippen MR) is 101 cm³/mol. The van der Waals surface area contributed by atoms with E-state index in [9.17, 15) is 4.79 Å². The van der Waals surface area contributed by atoms with E-state index in [0.29, 0.717) is 18.6 Å². The second kappa shape index (κ2) is 8.80. The molecule has 1 atom stereocenters. The molecule has 2 saturated heterocycles. The predicted octanol–water partition coefficient (Wildman–Crippen LogP) is 3.28. The maximum atomic E-state index is 12.0. The second-order valence-corrected chi connectivity index (χ2v) is 7.56. The molecule has 2 fully saturated rings. The van der Waals surface area contributed by atoms with Gasteiger partial charge in [0.15, 0.2) is 0 Å². The molecule has 1 unspecified atom stereocenters. The van der Waals surface area contributed by atoms with Gasteiger partial charge in [-0.25, -0.2) is 4.79 Å². The first-order valence-corrected chi connectivity index (χ1v) is 10.0. The summed E-state index contributed by atoms with van der Waals surface area (Å²) in [6, 6.07) is 0.583. The van der Waals surface area contributed by atoms with E-state index < -0.39 is 0 Å². The highest BCUT2D eigenvalue weighted by Gasteiger charge is 2.29. The van der Waals surface area contributed by atoms with Gasteiger partial charge in [-0.2, -0.15) is 0 Å². The number of carbonyl (C=O) groups is 1. The van der Waals surface area contributed by atoms with Crippen LogP contribution >= 0.6 is 0 Å². The van der Waals surface area contributed by atoms with Crippen LogP contribution in [0.2, 0.25) is 0 Å². The molecule has 1 aromatic heterocycles. The maximum absolute atomic E-state index is 12.0. The molecule has 2 aliphatic rings. The lowest BCUT2D eigenvalue weighted by molar-refractivity contribution is 0.105. The largest absolute Gasteiger partial charge is 0.450 e. The molecule has 3 rings (SSSR count). The number of hydrogen-bond acceptors (Lipinski definition) is 5. The molecular weight excluding hydrogens is 328 g/mol. The molecular formula is C20H32N4O2. The summed E-state index contributed by atoms with van der Waals surface area (Å²) in [6.45, 7) is 10.3. The number of rotatable bonds is 3. The number of aromatic nitrogens is 2. The summed E-state index contributed by atoms with van der Waals surface area (Å²) in [5.41, 5.74) is 3.28. The smallest absolute Gasteiger partial charge is 0.409 e. The van der Waals surface area contributed by atoms with Gasteiger partial charge in [-0.1, -0.05) is 0 Å². The Kier molecular flexibility index (Phi) is 6.46. The average molecular weight is 361 g/mol. The standard InChI is InChI=1S/C20H32N4O2/c1-4-26-20(25)24-10-5-6-18(9-13-24)23-11-7-17(8-12-23)19-16(3)21-14-15(2)22-19/h14,17-18H,4-13H2,1-3H3. The molecule has 0 spiro atoms. The molecule has 0 bridgehead atoms. The van der Waals surface area contributed by atoms with Crippen molar-refractivity contribution in [3.05, 3.63) is 23.3 Å². The molecule has 1 amide bonds. The number of nitrogens with zero attached hydrogens (tertiary/aromatic N) is 4. The first-order valence-electron chi connectivity index (χ1n) is 10.0. The summed E-state index contributed by atoms with van der Waals surface area (Å²) in [7, 11) is 0. The Morgan fingerprint density at radius 2 is 1.92 bits per heavy atom. The van der Waals surface area contributed by atoms with Crippen molar-refractivity contribution >= 4 is 6.09 Å². The highest BCUT2D eigenvalue weighted by Crippen LogP contribution is 2.31. The molecule has 1 aromatic rings. The van der Waals surface area contributed by atoms with E-state index in [0.717, 1.165) is 63.3 Å². The highest BCUT2D eigenvalue weighted by atomic mass is 16.6. The summed E-state index contributed by atoms with van der Waals surface area (Å²) >= 11 is 0. The summed E-state index contributed by atoms with van der Waals surface area (Å²) in [4.78, 5) is 25.7. The van der Waals surface area contributed by atoms with Gasteiger partial charge in [-0.3, -0.25) is 9.97 Å². The van der Waals surface area contributed by atoms with Crippen LogP contribution in [0, 0.1) is 13.8 Å². The van der Waals surface area contributed by atoms with Crippen molar-refractivity contribution in [2.24, 2.45) is 0 Å². The molecule has 3 heterocycles. The van der Waals surface area contributed by atoms with E-state index in [1.807, 2.05) is 24.9 Å². The Morgan fingerprint density at radius 3 is 2.65 bits per heavy atom. The number of amides is 1. The Hall–Kier alpha value is -1.69. The van der Waals surface area contributed by atoms with Crippen LogP contribution in [0.25, 0.3) is 0 Å². The number of hydrogen-bond donors (Lipinski definition) is 0. The van der Waals surface area contributed by atoms with Crippen LogP contribution in [0.4, 0.5) is 4.79 Å². The van der Waals surface area contributed by atoms with Gasteiger partial charge >= 0.3 is 6.09 Å². The molecule has 6 heteroatoms. The fourth-order valence-electron chi connectivity index (χ4n) is 4.32. The fourth-order valence-corrected chi connectivity index (χ4v) is 4.32. The van der Waals surface area contributed by atoms with E-state index in [-0.39, 0.29) is 6.09 Å². The Labute approximate surface area is 156 Å². The van der Waals surface area contributed by atoms with Crippen molar-refractivity contribution in [1.82, 2.24) is 19.8 Å². The zero-order valence-electron chi connectivity index (χ0n) is 16.4. The van der Waals surface area contributed by atoms with Gasteiger partial charge in [0.05, 0.1) is 23.7 Å². The van der Waals surface area contributed by atoms with Crippen molar-refractivity contribution in [3.8, 4) is 0 Å². The topological polar surface area (TPSA) is 58.6 Å². The van der Waals surface area contributed by atoms with Gasteiger partial charge in [0.25, 0.3) is 0 Å². The van der Waals surface area contributed by atoms with Crippen molar-refractivity contribution in [2.75, 3.05) is 32.8 Å². The van der Waals surface area contributed by atoms with Crippen LogP contribution in [0.3, 0.4) is 0 Å². The lowest BCUT2D eigenvalue weighted by atomic mass is 9.90. The van der Waals surface area contributed by atoms with Gasteiger partial charge in [0.1, 0.15) is 0 Å². The van der Waals surface area contributed by atoms with Crippen molar-refractivity contribution in [1.29, 1.82) is 0 Å². The molecule has 0 aliphatic carbocycles. The SMILES string of the molecule is CCOC(=O)N1CCCC(N2CCC(c3nc(C)cnc3C)CC2)CC1. The fraction of sp³-hybridized carbons (Fsp3) is 0.750. The van der Waals surface area contributed by atoms with E-state index >= 15 is 0 Å². The monoisotopic (exact) mass is 360 g/mol. The average Bonchev–Trinajstić information content (AvgIpc) is 2.90. The summed E-state index contributed by atoms with van der Waals surface area (Å²) in [5.74, 6) is 0.528. The van der Waals surface area contributed by atoms with Gasteiger partial charge < -0.3 is 14.5 Å². The normalized spacial score (nSPS) is 22.9. The van der Waals surface area contributed by atoms with Crippen LogP contribution in [0.15, 0.2) is 6.20 Å². The lowest BCUT2D eigenvalue weighted by Gasteiger charge is -2.37. The first kappa shape index (κ1) is 19.1. The van der Waals surface area contributed by atoms with Gasteiger partial charge in [-0.05, 0) is 66.0 Å². The van der Waals surface area contributed by atoms with Crippen LogP contribution < -0.4 is 0 Å². The second-order valence-electron chi connectivity index (χ2n) is 7.56. The molecule has 6 nitrogen and oxygen atoms in total. The van der Waals surface area contributed by atoms with Crippen LogP contribution in [0.5, 0.6) is 0 Å². The third-order valence-electron chi connectivity index (χ3n) is 5.77. The van der Waals surface area contributed by atoms with Crippen molar-refractivity contribution in [2.45, 2.75) is 64.8 Å². The van der Waals surface area contributed by atoms with Gasteiger partial charge in [0, 0.05) is 31.2 Å². The van der Waals surface area contributed by atoms with E-state index in [1.54, 1.807) is 0 Å². The first-order chi connectivity index (χ1) is 12.6. The molecule has 2 aliphatic heterocycles. The van der Waals surface area contributed by atoms with Crippen molar-refractivity contribution < 1.29 is 9.53 Å². The minimum atomic E-state index is -0.152. The van der Waals surface area contributed by atoms with Crippen LogP contribution in [0.1, 0.15) is 62.0 Å². The van der Waals surface area contributed by atoms with Gasteiger partial charge in [0.2, 0.25) is 0 Å². The third-order valence-corrected chi connectivity index (χ3v) is 5.77. The molecule has 144 valence electrons. The quantitative estimate of drug-likeness (QED) is 0.828. The maximum Gasteiger partial charge on any atom is 0.409 e. The van der Waals surface area contributed by atoms with E-state index in [2.05, 4.69) is 16.8 Å². The summed E-state index contributed by atoms with van der Waals surface area (Å²) in [5, 5.41) is 0. The minimum absolute atomic E-state index is 0.152. The van der Waals surface area contributed by atoms with E-state index in [4.69, 9.17) is 9.72 Å². The molecule has 0 saturated carbocycles.